The van der Waals surface area contributed by atoms with Gasteiger partial charge in [-0.25, -0.2) is 0 Å². The van der Waals surface area contributed by atoms with E-state index >= 15 is 0 Å². The van der Waals surface area contributed by atoms with Crippen LogP contribution in [0.1, 0.15) is 44.6 Å². The molecule has 0 aliphatic heterocycles. The van der Waals surface area contributed by atoms with Crippen molar-refractivity contribution in [1.82, 2.24) is 0 Å². The molecule has 1 fully saturated rings. The standard InChI is InChI=1S/C17H22O/c1-14(12-13-15-8-4-2-5-9-15)17(18)16-10-6-3-7-11-16/h2,4-5,8-9,14,16-18H,3,6-7,10-11H2,1H3/t14-,17-/m1/s1. The first-order valence-electron chi connectivity index (χ1n) is 7.02. The first-order valence-corrected chi connectivity index (χ1v) is 7.02. The van der Waals surface area contributed by atoms with E-state index in [9.17, 15) is 5.11 Å². The van der Waals surface area contributed by atoms with Gasteiger partial charge in [0.25, 0.3) is 0 Å². The molecule has 1 aromatic carbocycles. The molecule has 2 rings (SSSR count). The van der Waals surface area contributed by atoms with Crippen LogP contribution < -0.4 is 0 Å². The molecule has 1 aliphatic carbocycles. The van der Waals surface area contributed by atoms with Crippen molar-refractivity contribution in [1.29, 1.82) is 0 Å². The van der Waals surface area contributed by atoms with Crippen molar-refractivity contribution >= 4 is 0 Å². The summed E-state index contributed by atoms with van der Waals surface area (Å²) in [5.74, 6) is 6.87. The summed E-state index contributed by atoms with van der Waals surface area (Å²) in [5.41, 5.74) is 1.03. The lowest BCUT2D eigenvalue weighted by Crippen LogP contribution is -2.28. The summed E-state index contributed by atoms with van der Waals surface area (Å²) in [4.78, 5) is 0. The predicted molar refractivity (Wildman–Crippen MR) is 75.1 cm³/mol. The Labute approximate surface area is 110 Å². The number of rotatable bonds is 2. The van der Waals surface area contributed by atoms with Crippen LogP contribution >= 0.6 is 0 Å². The summed E-state index contributed by atoms with van der Waals surface area (Å²) in [7, 11) is 0. The van der Waals surface area contributed by atoms with Crippen LogP contribution in [0.25, 0.3) is 0 Å². The zero-order valence-corrected chi connectivity index (χ0v) is 11.1. The van der Waals surface area contributed by atoms with Crippen LogP contribution in [-0.2, 0) is 0 Å². The Morgan fingerprint density at radius 2 is 1.78 bits per heavy atom. The van der Waals surface area contributed by atoms with E-state index in [2.05, 4.69) is 11.8 Å². The minimum atomic E-state index is -0.262. The topological polar surface area (TPSA) is 20.2 Å². The van der Waals surface area contributed by atoms with E-state index in [1.165, 1.54) is 32.1 Å². The molecular weight excluding hydrogens is 220 g/mol. The van der Waals surface area contributed by atoms with E-state index in [1.807, 2.05) is 37.3 Å². The van der Waals surface area contributed by atoms with Gasteiger partial charge in [0.2, 0.25) is 0 Å². The van der Waals surface area contributed by atoms with Crippen LogP contribution in [0.3, 0.4) is 0 Å². The third-order valence-corrected chi connectivity index (χ3v) is 3.86. The molecule has 0 saturated heterocycles. The van der Waals surface area contributed by atoms with E-state index < -0.39 is 0 Å². The molecule has 0 bridgehead atoms. The van der Waals surface area contributed by atoms with Crippen LogP contribution in [0.5, 0.6) is 0 Å². The predicted octanol–water partition coefficient (Wildman–Crippen LogP) is 3.62. The second-order valence-corrected chi connectivity index (χ2v) is 5.31. The quantitative estimate of drug-likeness (QED) is 0.785. The normalized spacial score (nSPS) is 19.7. The Kier molecular flexibility index (Phi) is 4.84. The molecule has 1 aliphatic rings. The van der Waals surface area contributed by atoms with E-state index in [-0.39, 0.29) is 12.0 Å². The molecule has 2 atom stereocenters. The smallest absolute Gasteiger partial charge is 0.0703 e. The van der Waals surface area contributed by atoms with Gasteiger partial charge in [0.1, 0.15) is 0 Å². The average molecular weight is 242 g/mol. The maximum atomic E-state index is 10.3. The van der Waals surface area contributed by atoms with Gasteiger partial charge in [0.05, 0.1) is 6.10 Å². The number of hydrogen-bond acceptors (Lipinski definition) is 1. The molecule has 0 amide bonds. The third kappa shape index (κ3) is 3.62. The van der Waals surface area contributed by atoms with Crippen LogP contribution in [0.2, 0.25) is 0 Å². The molecule has 1 aromatic rings. The lowest BCUT2D eigenvalue weighted by atomic mass is 9.81. The van der Waals surface area contributed by atoms with E-state index in [0.29, 0.717) is 5.92 Å². The summed E-state index contributed by atoms with van der Waals surface area (Å²) < 4.78 is 0. The second-order valence-electron chi connectivity index (χ2n) is 5.31. The summed E-state index contributed by atoms with van der Waals surface area (Å²) in [6.45, 7) is 2.04. The minimum Gasteiger partial charge on any atom is -0.392 e. The summed E-state index contributed by atoms with van der Waals surface area (Å²) >= 11 is 0. The summed E-state index contributed by atoms with van der Waals surface area (Å²) in [5, 5.41) is 10.3. The first kappa shape index (κ1) is 13.2. The Balaban J connectivity index is 1.94. The number of aliphatic hydroxyl groups excluding tert-OH is 1. The fourth-order valence-electron chi connectivity index (χ4n) is 2.69. The summed E-state index contributed by atoms with van der Waals surface area (Å²) in [6.07, 6.45) is 5.92. The van der Waals surface area contributed by atoms with Gasteiger partial charge in [-0.1, -0.05) is 49.3 Å². The highest BCUT2D eigenvalue weighted by atomic mass is 16.3. The fourth-order valence-corrected chi connectivity index (χ4v) is 2.69. The second kappa shape index (κ2) is 6.61. The molecule has 0 spiro atoms. The molecule has 1 saturated carbocycles. The molecule has 1 N–H and O–H groups in total. The van der Waals surface area contributed by atoms with Gasteiger partial charge in [-0.05, 0) is 37.8 Å². The van der Waals surface area contributed by atoms with Crippen LogP contribution in [-0.4, -0.2) is 11.2 Å². The Bertz CT molecular complexity index is 406. The van der Waals surface area contributed by atoms with Crippen molar-refractivity contribution in [3.05, 3.63) is 35.9 Å². The van der Waals surface area contributed by atoms with Crippen molar-refractivity contribution in [2.45, 2.75) is 45.1 Å². The van der Waals surface area contributed by atoms with Gasteiger partial charge in [-0.15, -0.1) is 0 Å². The number of hydrogen-bond donors (Lipinski definition) is 1. The fraction of sp³-hybridized carbons (Fsp3) is 0.529. The van der Waals surface area contributed by atoms with Gasteiger partial charge in [0, 0.05) is 11.5 Å². The van der Waals surface area contributed by atoms with Crippen LogP contribution in [0.15, 0.2) is 30.3 Å². The highest BCUT2D eigenvalue weighted by Gasteiger charge is 2.25. The lowest BCUT2D eigenvalue weighted by Gasteiger charge is -2.28. The maximum absolute atomic E-state index is 10.3. The molecule has 1 heteroatoms. The van der Waals surface area contributed by atoms with E-state index in [0.717, 1.165) is 5.56 Å². The first-order chi connectivity index (χ1) is 8.77. The summed E-state index contributed by atoms with van der Waals surface area (Å²) in [6, 6.07) is 9.99. The molecule has 96 valence electrons. The van der Waals surface area contributed by atoms with Crippen molar-refractivity contribution in [3.8, 4) is 11.8 Å². The van der Waals surface area contributed by atoms with Gasteiger partial charge in [0.15, 0.2) is 0 Å². The lowest BCUT2D eigenvalue weighted by molar-refractivity contribution is 0.0586. The minimum absolute atomic E-state index is 0.0632. The van der Waals surface area contributed by atoms with Gasteiger partial charge >= 0.3 is 0 Å². The molecule has 0 radical (unpaired) electrons. The molecule has 18 heavy (non-hydrogen) atoms. The van der Waals surface area contributed by atoms with Crippen LogP contribution in [0, 0.1) is 23.7 Å². The Morgan fingerprint density at radius 1 is 1.11 bits per heavy atom. The zero-order chi connectivity index (χ0) is 12.8. The van der Waals surface area contributed by atoms with E-state index in [4.69, 9.17) is 0 Å². The highest BCUT2D eigenvalue weighted by Crippen LogP contribution is 2.29. The average Bonchev–Trinajstić information content (AvgIpc) is 2.46. The molecule has 1 nitrogen and oxygen atoms in total. The maximum Gasteiger partial charge on any atom is 0.0703 e. The van der Waals surface area contributed by atoms with Crippen molar-refractivity contribution < 1.29 is 5.11 Å². The molecule has 0 unspecified atom stereocenters. The molecular formula is C17H22O. The van der Waals surface area contributed by atoms with E-state index in [1.54, 1.807) is 0 Å². The van der Waals surface area contributed by atoms with Crippen LogP contribution in [0.4, 0.5) is 0 Å². The third-order valence-electron chi connectivity index (χ3n) is 3.86. The molecule has 0 aromatic heterocycles. The number of aliphatic hydroxyl groups is 1. The highest BCUT2D eigenvalue weighted by molar-refractivity contribution is 5.34. The monoisotopic (exact) mass is 242 g/mol. The van der Waals surface area contributed by atoms with Crippen molar-refractivity contribution in [2.24, 2.45) is 11.8 Å². The van der Waals surface area contributed by atoms with Gasteiger partial charge < -0.3 is 5.11 Å². The van der Waals surface area contributed by atoms with Gasteiger partial charge in [-0.3, -0.25) is 0 Å². The number of benzene rings is 1. The van der Waals surface area contributed by atoms with Crippen molar-refractivity contribution in [2.75, 3.05) is 0 Å². The Morgan fingerprint density at radius 3 is 2.44 bits per heavy atom. The van der Waals surface area contributed by atoms with Crippen molar-refractivity contribution in [3.63, 3.8) is 0 Å². The SMILES string of the molecule is C[C@H](C#Cc1ccccc1)[C@@H](O)C1CCCCC1. The molecule has 0 heterocycles. The largest absolute Gasteiger partial charge is 0.392 e. The Hall–Kier alpha value is -1.26. The zero-order valence-electron chi connectivity index (χ0n) is 11.1. The van der Waals surface area contributed by atoms with Gasteiger partial charge in [-0.2, -0.15) is 0 Å².